The molecule has 9 heteroatoms. The SMILES string of the molecule is Cc1nn(-c2ccccc2)c(C)c1/C=C/C(=O)OCC(=O)c1cc(C)n(CC(F)(F)F)c1C. The molecular formula is C24H24F3N3O3. The van der Waals surface area contributed by atoms with E-state index in [1.54, 1.807) is 10.8 Å². The lowest BCUT2D eigenvalue weighted by atomic mass is 10.1. The third-order valence-corrected chi connectivity index (χ3v) is 5.29. The van der Waals surface area contributed by atoms with Crippen molar-refractivity contribution in [3.63, 3.8) is 0 Å². The fourth-order valence-corrected chi connectivity index (χ4v) is 3.64. The number of rotatable bonds is 7. The quantitative estimate of drug-likeness (QED) is 0.286. The fraction of sp³-hybridized carbons (Fsp3) is 0.292. The first-order chi connectivity index (χ1) is 15.5. The zero-order chi connectivity index (χ0) is 24.3. The summed E-state index contributed by atoms with van der Waals surface area (Å²) in [5, 5.41) is 4.49. The molecule has 0 saturated carbocycles. The van der Waals surface area contributed by atoms with Crippen LogP contribution in [0, 0.1) is 27.7 Å². The number of nitrogens with zero attached hydrogens (tertiary/aromatic N) is 3. The summed E-state index contributed by atoms with van der Waals surface area (Å²) < 4.78 is 46.1. The molecule has 0 atom stereocenters. The highest BCUT2D eigenvalue weighted by atomic mass is 19.4. The summed E-state index contributed by atoms with van der Waals surface area (Å²) in [4.78, 5) is 24.6. The number of aromatic nitrogens is 3. The lowest BCUT2D eigenvalue weighted by molar-refractivity contribution is -0.141. The lowest BCUT2D eigenvalue weighted by Gasteiger charge is -2.12. The van der Waals surface area contributed by atoms with Gasteiger partial charge in [0.25, 0.3) is 0 Å². The first kappa shape index (κ1) is 24.0. The number of alkyl halides is 3. The van der Waals surface area contributed by atoms with Crippen molar-refractivity contribution in [2.24, 2.45) is 0 Å². The van der Waals surface area contributed by atoms with Crippen LogP contribution in [0.25, 0.3) is 11.8 Å². The van der Waals surface area contributed by atoms with Crippen LogP contribution in [0.5, 0.6) is 0 Å². The van der Waals surface area contributed by atoms with Crippen molar-refractivity contribution in [2.75, 3.05) is 6.61 Å². The van der Waals surface area contributed by atoms with E-state index in [0.717, 1.165) is 21.5 Å². The van der Waals surface area contributed by atoms with Gasteiger partial charge < -0.3 is 9.30 Å². The molecule has 174 valence electrons. The number of carbonyl (C=O) groups is 2. The minimum absolute atomic E-state index is 0.101. The van der Waals surface area contributed by atoms with E-state index in [4.69, 9.17) is 4.74 Å². The standard InChI is InChI=1S/C24H24F3N3O3/c1-15-12-21(17(3)29(15)14-24(25,26)27)22(31)13-33-23(32)11-10-20-16(2)28-30(18(20)4)19-8-6-5-7-9-19/h5-12H,13-14H2,1-4H3/b11-10+. The van der Waals surface area contributed by atoms with Gasteiger partial charge in [-0.1, -0.05) is 18.2 Å². The van der Waals surface area contributed by atoms with Gasteiger partial charge in [0, 0.05) is 34.3 Å². The second-order valence-electron chi connectivity index (χ2n) is 7.68. The number of carbonyl (C=O) groups excluding carboxylic acids is 2. The molecule has 0 aliphatic heterocycles. The van der Waals surface area contributed by atoms with Gasteiger partial charge in [0.2, 0.25) is 5.78 Å². The topological polar surface area (TPSA) is 66.1 Å². The van der Waals surface area contributed by atoms with Gasteiger partial charge in [0.05, 0.1) is 11.4 Å². The van der Waals surface area contributed by atoms with Crippen LogP contribution in [0.4, 0.5) is 13.2 Å². The Morgan fingerprint density at radius 1 is 1.06 bits per heavy atom. The van der Waals surface area contributed by atoms with Crippen LogP contribution in [-0.2, 0) is 16.1 Å². The van der Waals surface area contributed by atoms with Crippen molar-refractivity contribution >= 4 is 17.8 Å². The predicted molar refractivity (Wildman–Crippen MR) is 117 cm³/mol. The number of para-hydroxylation sites is 1. The zero-order valence-electron chi connectivity index (χ0n) is 18.7. The van der Waals surface area contributed by atoms with E-state index in [1.165, 1.54) is 26.0 Å². The van der Waals surface area contributed by atoms with Crippen LogP contribution >= 0.6 is 0 Å². The van der Waals surface area contributed by atoms with Gasteiger partial charge in [0.15, 0.2) is 6.61 Å². The molecule has 2 heterocycles. The monoisotopic (exact) mass is 459 g/mol. The molecule has 0 aliphatic carbocycles. The summed E-state index contributed by atoms with van der Waals surface area (Å²) >= 11 is 0. The maximum absolute atomic E-state index is 12.8. The predicted octanol–water partition coefficient (Wildman–Crippen LogP) is 4.91. The van der Waals surface area contributed by atoms with Gasteiger partial charge in [0.1, 0.15) is 6.54 Å². The summed E-state index contributed by atoms with van der Waals surface area (Å²) in [5.41, 5.74) is 3.77. The molecule has 2 aromatic heterocycles. The normalized spacial score (nSPS) is 11.8. The summed E-state index contributed by atoms with van der Waals surface area (Å²) in [6, 6.07) is 10.9. The van der Waals surface area contributed by atoms with E-state index >= 15 is 0 Å². The zero-order valence-corrected chi connectivity index (χ0v) is 18.7. The summed E-state index contributed by atoms with van der Waals surface area (Å²) in [5.74, 6) is -1.30. The number of benzene rings is 1. The molecule has 1 aromatic carbocycles. The Labute approximate surface area is 189 Å². The van der Waals surface area contributed by atoms with Crippen molar-refractivity contribution in [3.05, 3.63) is 76.4 Å². The van der Waals surface area contributed by atoms with E-state index < -0.39 is 31.1 Å². The molecule has 0 radical (unpaired) electrons. The van der Waals surface area contributed by atoms with Gasteiger partial charge >= 0.3 is 12.1 Å². The average molecular weight is 459 g/mol. The molecule has 3 rings (SSSR count). The maximum atomic E-state index is 12.8. The van der Waals surface area contributed by atoms with E-state index in [9.17, 15) is 22.8 Å². The van der Waals surface area contributed by atoms with Crippen molar-refractivity contribution in [1.29, 1.82) is 0 Å². The second-order valence-corrected chi connectivity index (χ2v) is 7.68. The number of hydrogen-bond donors (Lipinski definition) is 0. The number of ketones is 1. The summed E-state index contributed by atoms with van der Waals surface area (Å²) in [7, 11) is 0. The van der Waals surface area contributed by atoms with Gasteiger partial charge in [-0.2, -0.15) is 18.3 Å². The number of Topliss-reactive ketones (excluding diaryl/α,β-unsaturated/α-hetero) is 1. The maximum Gasteiger partial charge on any atom is 0.406 e. The van der Waals surface area contributed by atoms with Gasteiger partial charge in [-0.25, -0.2) is 9.48 Å². The molecule has 0 saturated heterocycles. The van der Waals surface area contributed by atoms with E-state index in [1.807, 2.05) is 44.2 Å². The van der Waals surface area contributed by atoms with Crippen molar-refractivity contribution in [2.45, 2.75) is 40.4 Å². The Hall–Kier alpha value is -3.62. The molecule has 3 aromatic rings. The molecule has 0 fully saturated rings. The lowest BCUT2D eigenvalue weighted by Crippen LogP contribution is -2.20. The van der Waals surface area contributed by atoms with Crippen molar-refractivity contribution < 1.29 is 27.5 Å². The molecule has 0 bridgehead atoms. The average Bonchev–Trinajstić information content (AvgIpc) is 3.20. The Kier molecular flexibility index (Phi) is 6.90. The first-order valence-electron chi connectivity index (χ1n) is 10.2. The molecule has 0 unspecified atom stereocenters. The van der Waals surface area contributed by atoms with E-state index in [0.29, 0.717) is 11.4 Å². The van der Waals surface area contributed by atoms with E-state index in [2.05, 4.69) is 5.10 Å². The van der Waals surface area contributed by atoms with Gasteiger partial charge in [-0.05, 0) is 52.0 Å². The number of halogens is 3. The van der Waals surface area contributed by atoms with Crippen LogP contribution in [0.15, 0.2) is 42.5 Å². The fourth-order valence-electron chi connectivity index (χ4n) is 3.64. The third kappa shape index (κ3) is 5.60. The summed E-state index contributed by atoms with van der Waals surface area (Å²) in [6.45, 7) is 4.86. The minimum atomic E-state index is -4.41. The van der Waals surface area contributed by atoms with Gasteiger partial charge in [-0.3, -0.25) is 4.79 Å². The number of esters is 1. The van der Waals surface area contributed by atoms with Crippen molar-refractivity contribution in [1.82, 2.24) is 14.3 Å². The molecule has 33 heavy (non-hydrogen) atoms. The Bertz CT molecular complexity index is 1210. The van der Waals surface area contributed by atoms with Crippen LogP contribution in [0.1, 0.15) is 38.7 Å². The second kappa shape index (κ2) is 9.48. The van der Waals surface area contributed by atoms with Gasteiger partial charge in [-0.15, -0.1) is 0 Å². The minimum Gasteiger partial charge on any atom is -0.454 e. The smallest absolute Gasteiger partial charge is 0.406 e. The molecule has 0 aliphatic rings. The highest BCUT2D eigenvalue weighted by molar-refractivity contribution is 6.00. The van der Waals surface area contributed by atoms with Crippen LogP contribution in [-0.4, -0.2) is 38.9 Å². The summed E-state index contributed by atoms with van der Waals surface area (Å²) in [6.07, 6.45) is -1.64. The van der Waals surface area contributed by atoms with Crippen LogP contribution in [0.2, 0.25) is 0 Å². The van der Waals surface area contributed by atoms with E-state index in [-0.39, 0.29) is 11.3 Å². The van der Waals surface area contributed by atoms with Crippen LogP contribution < -0.4 is 0 Å². The molecular weight excluding hydrogens is 435 g/mol. The molecule has 6 nitrogen and oxygen atoms in total. The highest BCUT2D eigenvalue weighted by Crippen LogP contribution is 2.23. The largest absolute Gasteiger partial charge is 0.454 e. The van der Waals surface area contributed by atoms with Crippen molar-refractivity contribution in [3.8, 4) is 5.69 Å². The number of ether oxygens (including phenoxy) is 1. The number of aryl methyl sites for hydroxylation is 2. The molecule has 0 amide bonds. The Balaban J connectivity index is 1.66. The highest BCUT2D eigenvalue weighted by Gasteiger charge is 2.30. The molecule has 0 spiro atoms. The molecule has 0 N–H and O–H groups in total. The number of hydrogen-bond acceptors (Lipinski definition) is 4. The Morgan fingerprint density at radius 3 is 2.36 bits per heavy atom. The first-order valence-corrected chi connectivity index (χ1v) is 10.2. The van der Waals surface area contributed by atoms with Crippen LogP contribution in [0.3, 0.4) is 0 Å². The Morgan fingerprint density at radius 2 is 1.73 bits per heavy atom. The third-order valence-electron chi connectivity index (χ3n) is 5.29.